The molecule has 0 aromatic heterocycles. The Hall–Kier alpha value is -1.07. The highest BCUT2D eigenvalue weighted by Crippen LogP contribution is 2.17. The Labute approximate surface area is 104 Å². The van der Waals surface area contributed by atoms with Crippen LogP contribution in [0.25, 0.3) is 0 Å². The third-order valence-electron chi connectivity index (χ3n) is 2.15. The number of hydrogen-bond acceptors (Lipinski definition) is 4. The van der Waals surface area contributed by atoms with Crippen molar-refractivity contribution in [3.63, 3.8) is 0 Å². The maximum atomic E-state index is 13.5. The Morgan fingerprint density at radius 1 is 1.53 bits per heavy atom. The number of methoxy groups -OCH3 is 1. The maximum Gasteiger partial charge on any atom is 0.340 e. The van der Waals surface area contributed by atoms with Crippen molar-refractivity contribution in [3.8, 4) is 0 Å². The lowest BCUT2D eigenvalue weighted by Gasteiger charge is -2.04. The highest BCUT2D eigenvalue weighted by molar-refractivity contribution is 7.98. The molecule has 1 aromatic carbocycles. The molecule has 0 aliphatic rings. The molecule has 0 saturated carbocycles. The number of hydrogen-bond donors (Lipinski definition) is 1. The van der Waals surface area contributed by atoms with Crippen molar-refractivity contribution in [2.24, 2.45) is 0 Å². The molecule has 0 saturated heterocycles. The number of aliphatic hydroxyl groups is 1. The lowest BCUT2D eigenvalue weighted by molar-refractivity contribution is 0.0595. The molecule has 0 aliphatic heterocycles. The van der Waals surface area contributed by atoms with E-state index in [2.05, 4.69) is 4.74 Å². The van der Waals surface area contributed by atoms with Crippen molar-refractivity contribution >= 4 is 17.7 Å². The predicted molar refractivity (Wildman–Crippen MR) is 65.6 cm³/mol. The van der Waals surface area contributed by atoms with Gasteiger partial charge in [0.1, 0.15) is 5.82 Å². The van der Waals surface area contributed by atoms with Crippen molar-refractivity contribution in [3.05, 3.63) is 35.1 Å². The van der Waals surface area contributed by atoms with Gasteiger partial charge in [0.25, 0.3) is 0 Å². The van der Waals surface area contributed by atoms with Gasteiger partial charge in [-0.15, -0.1) is 0 Å². The molecule has 0 fully saturated rings. The second-order valence-corrected chi connectivity index (χ2v) is 4.54. The Kier molecular flexibility index (Phi) is 6.00. The standard InChI is InChI=1S/C12H15FO3S/c1-16-12(15)10-4-3-9(7-11(10)13)8-17-6-2-5-14/h3-4,7,14H,2,5-6,8H2,1H3. The van der Waals surface area contributed by atoms with E-state index in [0.29, 0.717) is 5.75 Å². The number of ether oxygens (including phenoxy) is 1. The third kappa shape index (κ3) is 4.36. The van der Waals surface area contributed by atoms with E-state index in [9.17, 15) is 9.18 Å². The van der Waals surface area contributed by atoms with E-state index in [1.54, 1.807) is 17.8 Å². The average Bonchev–Trinajstić information content (AvgIpc) is 2.34. The number of rotatable bonds is 6. The molecule has 1 rings (SSSR count). The molecule has 17 heavy (non-hydrogen) atoms. The summed E-state index contributed by atoms with van der Waals surface area (Å²) in [5, 5.41) is 8.61. The summed E-state index contributed by atoms with van der Waals surface area (Å²) >= 11 is 1.62. The van der Waals surface area contributed by atoms with Crippen molar-refractivity contribution < 1.29 is 19.0 Å². The zero-order valence-electron chi connectivity index (χ0n) is 9.61. The van der Waals surface area contributed by atoms with Crippen molar-refractivity contribution in [1.82, 2.24) is 0 Å². The van der Waals surface area contributed by atoms with E-state index in [0.717, 1.165) is 17.7 Å². The molecule has 0 spiro atoms. The summed E-state index contributed by atoms with van der Waals surface area (Å²) in [5.41, 5.74) is 0.773. The van der Waals surface area contributed by atoms with Crippen LogP contribution in [-0.4, -0.2) is 30.5 Å². The van der Waals surface area contributed by atoms with Crippen LogP contribution in [0.2, 0.25) is 0 Å². The molecule has 5 heteroatoms. The van der Waals surface area contributed by atoms with Crippen LogP contribution in [0.5, 0.6) is 0 Å². The van der Waals surface area contributed by atoms with Crippen molar-refractivity contribution in [2.75, 3.05) is 19.5 Å². The van der Waals surface area contributed by atoms with Crippen LogP contribution in [0.1, 0.15) is 22.3 Å². The van der Waals surface area contributed by atoms with Gasteiger partial charge in [-0.25, -0.2) is 9.18 Å². The number of carbonyl (C=O) groups is 1. The lowest BCUT2D eigenvalue weighted by atomic mass is 10.1. The second-order valence-electron chi connectivity index (χ2n) is 3.44. The summed E-state index contributed by atoms with van der Waals surface area (Å²) in [5.74, 6) is 0.272. The summed E-state index contributed by atoms with van der Waals surface area (Å²) in [6.07, 6.45) is 0.730. The number of carbonyl (C=O) groups excluding carboxylic acids is 1. The van der Waals surface area contributed by atoms with Crippen LogP contribution in [0.4, 0.5) is 4.39 Å². The lowest BCUT2D eigenvalue weighted by Crippen LogP contribution is -2.04. The first-order valence-corrected chi connectivity index (χ1v) is 6.40. The van der Waals surface area contributed by atoms with E-state index in [1.807, 2.05) is 0 Å². The zero-order valence-corrected chi connectivity index (χ0v) is 10.4. The van der Waals surface area contributed by atoms with E-state index in [1.165, 1.54) is 19.2 Å². The van der Waals surface area contributed by atoms with Gasteiger partial charge < -0.3 is 9.84 Å². The Morgan fingerprint density at radius 2 is 2.29 bits per heavy atom. The summed E-state index contributed by atoms with van der Waals surface area (Å²) in [4.78, 5) is 11.1. The number of esters is 1. The first-order valence-electron chi connectivity index (χ1n) is 5.24. The number of aliphatic hydroxyl groups excluding tert-OH is 1. The Balaban J connectivity index is 2.59. The summed E-state index contributed by atoms with van der Waals surface area (Å²) in [6.45, 7) is 0.169. The molecule has 0 amide bonds. The van der Waals surface area contributed by atoms with E-state index >= 15 is 0 Å². The normalized spacial score (nSPS) is 10.3. The van der Waals surface area contributed by atoms with E-state index < -0.39 is 11.8 Å². The topological polar surface area (TPSA) is 46.5 Å². The molecule has 0 aliphatic carbocycles. The van der Waals surface area contributed by atoms with E-state index in [-0.39, 0.29) is 12.2 Å². The highest BCUT2D eigenvalue weighted by Gasteiger charge is 2.11. The minimum absolute atomic E-state index is 0.0448. The largest absolute Gasteiger partial charge is 0.465 e. The van der Waals surface area contributed by atoms with Crippen LogP contribution in [0.3, 0.4) is 0 Å². The number of thioether (sulfide) groups is 1. The first kappa shape index (κ1) is 14.0. The molecule has 0 heterocycles. The van der Waals surface area contributed by atoms with Crippen LogP contribution < -0.4 is 0 Å². The van der Waals surface area contributed by atoms with Crippen LogP contribution >= 0.6 is 11.8 Å². The molecule has 94 valence electrons. The molecule has 0 bridgehead atoms. The Morgan fingerprint density at radius 3 is 2.88 bits per heavy atom. The molecule has 3 nitrogen and oxygen atoms in total. The van der Waals surface area contributed by atoms with Gasteiger partial charge in [0.2, 0.25) is 0 Å². The summed E-state index contributed by atoms with van der Waals surface area (Å²) in [6, 6.07) is 4.49. The Bertz CT molecular complexity index is 382. The minimum Gasteiger partial charge on any atom is -0.465 e. The zero-order chi connectivity index (χ0) is 12.7. The van der Waals surface area contributed by atoms with Crippen LogP contribution in [0, 0.1) is 5.82 Å². The van der Waals surface area contributed by atoms with Crippen molar-refractivity contribution in [2.45, 2.75) is 12.2 Å². The molecule has 0 radical (unpaired) electrons. The SMILES string of the molecule is COC(=O)c1ccc(CSCCCO)cc1F. The molecule has 1 aromatic rings. The molecule has 0 unspecified atom stereocenters. The summed E-state index contributed by atoms with van der Waals surface area (Å²) < 4.78 is 18.0. The van der Waals surface area contributed by atoms with Gasteiger partial charge in [0.15, 0.2) is 0 Å². The maximum absolute atomic E-state index is 13.5. The quantitative estimate of drug-likeness (QED) is 0.628. The number of halogens is 1. The first-order chi connectivity index (χ1) is 8.19. The van der Waals surface area contributed by atoms with E-state index in [4.69, 9.17) is 5.11 Å². The van der Waals surface area contributed by atoms with Gasteiger partial charge >= 0.3 is 5.97 Å². The molecular weight excluding hydrogens is 243 g/mol. The van der Waals surface area contributed by atoms with Crippen LogP contribution in [0.15, 0.2) is 18.2 Å². The predicted octanol–water partition coefficient (Wildman–Crippen LogP) is 2.23. The molecule has 0 atom stereocenters. The van der Waals surface area contributed by atoms with Gasteiger partial charge in [0.05, 0.1) is 12.7 Å². The fraction of sp³-hybridized carbons (Fsp3) is 0.417. The fourth-order valence-electron chi connectivity index (χ4n) is 1.28. The second kappa shape index (κ2) is 7.29. The van der Waals surface area contributed by atoms with Gasteiger partial charge in [-0.05, 0) is 29.9 Å². The van der Waals surface area contributed by atoms with Crippen LogP contribution in [-0.2, 0) is 10.5 Å². The highest BCUT2D eigenvalue weighted by atomic mass is 32.2. The van der Waals surface area contributed by atoms with Gasteiger partial charge in [-0.1, -0.05) is 6.07 Å². The molecule has 1 N–H and O–H groups in total. The van der Waals surface area contributed by atoms with Gasteiger partial charge in [-0.3, -0.25) is 0 Å². The average molecular weight is 258 g/mol. The number of benzene rings is 1. The fourth-order valence-corrected chi connectivity index (χ4v) is 2.17. The monoisotopic (exact) mass is 258 g/mol. The third-order valence-corrected chi connectivity index (χ3v) is 3.27. The smallest absolute Gasteiger partial charge is 0.340 e. The van der Waals surface area contributed by atoms with Gasteiger partial charge in [-0.2, -0.15) is 11.8 Å². The molecular formula is C12H15FO3S. The van der Waals surface area contributed by atoms with Gasteiger partial charge in [0, 0.05) is 12.4 Å². The summed E-state index contributed by atoms with van der Waals surface area (Å²) in [7, 11) is 1.22. The van der Waals surface area contributed by atoms with Crippen molar-refractivity contribution in [1.29, 1.82) is 0 Å². The minimum atomic E-state index is -0.665.